The fourth-order valence-corrected chi connectivity index (χ4v) is 1.25. The molecule has 0 aromatic heterocycles. The normalized spacial score (nSPS) is 14.3. The standard InChI is InChI=1S/C12H15NO5/c1-5-10(15)17-8(3)12(13-7-14)9(4)18-11(16)6-2/h5-6,8-9,12H,1-2H2,3-4H3. The van der Waals surface area contributed by atoms with E-state index in [1.165, 1.54) is 19.9 Å². The molecule has 0 aliphatic carbocycles. The molecule has 98 valence electrons. The van der Waals surface area contributed by atoms with Crippen LogP contribution in [0.4, 0.5) is 0 Å². The maximum absolute atomic E-state index is 11.0. The van der Waals surface area contributed by atoms with E-state index in [-0.39, 0.29) is 0 Å². The first-order valence-corrected chi connectivity index (χ1v) is 5.19. The Bertz CT molecular complexity index is 356. The van der Waals surface area contributed by atoms with Crippen molar-refractivity contribution in [3.63, 3.8) is 0 Å². The maximum Gasteiger partial charge on any atom is 0.330 e. The molecule has 0 heterocycles. The van der Waals surface area contributed by atoms with Crippen molar-refractivity contribution < 1.29 is 23.9 Å². The summed E-state index contributed by atoms with van der Waals surface area (Å²) in [7, 11) is 0. The third-order valence-electron chi connectivity index (χ3n) is 2.10. The summed E-state index contributed by atoms with van der Waals surface area (Å²) in [6, 6.07) is -0.838. The molecular weight excluding hydrogens is 238 g/mol. The monoisotopic (exact) mass is 253 g/mol. The summed E-state index contributed by atoms with van der Waals surface area (Å²) in [5, 5.41) is 0. The van der Waals surface area contributed by atoms with Crippen LogP contribution in [0.3, 0.4) is 0 Å². The number of ether oxygens (including phenoxy) is 2. The van der Waals surface area contributed by atoms with Crippen LogP contribution in [0.15, 0.2) is 30.3 Å². The van der Waals surface area contributed by atoms with Crippen molar-refractivity contribution in [2.45, 2.75) is 32.1 Å². The van der Waals surface area contributed by atoms with E-state index in [4.69, 9.17) is 9.47 Å². The van der Waals surface area contributed by atoms with Gasteiger partial charge in [-0.3, -0.25) is 0 Å². The number of isocyanates is 1. The number of rotatable bonds is 7. The number of carbonyl (C=O) groups excluding carboxylic acids is 3. The average Bonchev–Trinajstić information content (AvgIpc) is 2.34. The molecule has 6 nitrogen and oxygen atoms in total. The first-order valence-electron chi connectivity index (χ1n) is 5.19. The van der Waals surface area contributed by atoms with Crippen molar-refractivity contribution in [3.05, 3.63) is 25.3 Å². The van der Waals surface area contributed by atoms with Gasteiger partial charge in [-0.05, 0) is 13.8 Å². The van der Waals surface area contributed by atoms with Crippen LogP contribution in [0.2, 0.25) is 0 Å². The molecule has 0 radical (unpaired) electrons. The van der Waals surface area contributed by atoms with Crippen LogP contribution in [-0.4, -0.2) is 36.3 Å². The van der Waals surface area contributed by atoms with Gasteiger partial charge < -0.3 is 9.47 Å². The Labute approximate surface area is 105 Å². The van der Waals surface area contributed by atoms with E-state index in [2.05, 4.69) is 18.2 Å². The topological polar surface area (TPSA) is 82.0 Å². The van der Waals surface area contributed by atoms with Gasteiger partial charge in [0.2, 0.25) is 6.08 Å². The molecule has 0 saturated heterocycles. The van der Waals surface area contributed by atoms with Crippen LogP contribution in [-0.2, 0) is 23.9 Å². The highest BCUT2D eigenvalue weighted by Crippen LogP contribution is 2.12. The SMILES string of the molecule is C=CC(=O)OC(C)C(N=C=O)C(C)OC(=O)C=C. The number of esters is 2. The third kappa shape index (κ3) is 5.23. The van der Waals surface area contributed by atoms with Gasteiger partial charge in [-0.15, -0.1) is 0 Å². The van der Waals surface area contributed by atoms with Gasteiger partial charge in [0, 0.05) is 12.2 Å². The quantitative estimate of drug-likeness (QED) is 0.292. The third-order valence-corrected chi connectivity index (χ3v) is 2.10. The average molecular weight is 253 g/mol. The van der Waals surface area contributed by atoms with E-state index >= 15 is 0 Å². The van der Waals surface area contributed by atoms with Crippen LogP contribution >= 0.6 is 0 Å². The number of hydrogen-bond acceptors (Lipinski definition) is 6. The van der Waals surface area contributed by atoms with Gasteiger partial charge in [0.1, 0.15) is 18.2 Å². The molecule has 6 heteroatoms. The summed E-state index contributed by atoms with van der Waals surface area (Å²) in [6.45, 7) is 9.53. The lowest BCUT2D eigenvalue weighted by Crippen LogP contribution is -2.37. The molecule has 0 amide bonds. The van der Waals surface area contributed by atoms with Gasteiger partial charge >= 0.3 is 11.9 Å². The van der Waals surface area contributed by atoms with E-state index in [0.717, 1.165) is 12.2 Å². The second-order valence-electron chi connectivity index (χ2n) is 3.40. The first-order chi connectivity index (χ1) is 8.46. The van der Waals surface area contributed by atoms with Crippen molar-refractivity contribution in [2.75, 3.05) is 0 Å². The summed E-state index contributed by atoms with van der Waals surface area (Å²) in [5.41, 5.74) is 0. The van der Waals surface area contributed by atoms with Gasteiger partial charge in [0.05, 0.1) is 0 Å². The number of carbonyl (C=O) groups is 2. The van der Waals surface area contributed by atoms with Crippen LogP contribution in [0.1, 0.15) is 13.8 Å². The Morgan fingerprint density at radius 3 is 1.78 bits per heavy atom. The highest BCUT2D eigenvalue weighted by molar-refractivity contribution is 5.82. The van der Waals surface area contributed by atoms with E-state index in [0.29, 0.717) is 0 Å². The maximum atomic E-state index is 11.0. The lowest BCUT2D eigenvalue weighted by Gasteiger charge is -2.24. The van der Waals surface area contributed by atoms with Crippen molar-refractivity contribution in [2.24, 2.45) is 4.99 Å². The largest absolute Gasteiger partial charge is 0.457 e. The minimum Gasteiger partial charge on any atom is -0.457 e. The summed E-state index contributed by atoms with van der Waals surface area (Å²) < 4.78 is 9.81. The zero-order valence-electron chi connectivity index (χ0n) is 10.3. The molecule has 0 aliphatic heterocycles. The minimum absolute atomic E-state index is 0.657. The summed E-state index contributed by atoms with van der Waals surface area (Å²) in [6.07, 6.45) is 1.80. The minimum atomic E-state index is -0.838. The zero-order valence-corrected chi connectivity index (χ0v) is 10.3. The lowest BCUT2D eigenvalue weighted by molar-refractivity contribution is -0.149. The fraction of sp³-hybridized carbons (Fsp3) is 0.417. The molecule has 18 heavy (non-hydrogen) atoms. The molecule has 0 saturated carbocycles. The number of aliphatic imine (C=N–C) groups is 1. The Kier molecular flexibility index (Phi) is 7.00. The Morgan fingerprint density at radius 1 is 1.11 bits per heavy atom. The Morgan fingerprint density at radius 2 is 1.50 bits per heavy atom. The lowest BCUT2D eigenvalue weighted by atomic mass is 10.1. The van der Waals surface area contributed by atoms with E-state index < -0.39 is 30.2 Å². The molecule has 2 unspecified atom stereocenters. The molecule has 0 aromatic carbocycles. The van der Waals surface area contributed by atoms with Gasteiger partial charge in [-0.2, -0.15) is 4.99 Å². The van der Waals surface area contributed by atoms with E-state index in [1.54, 1.807) is 0 Å². The molecule has 0 spiro atoms. The fourth-order valence-electron chi connectivity index (χ4n) is 1.25. The zero-order chi connectivity index (χ0) is 14.1. The summed E-state index contributed by atoms with van der Waals surface area (Å²) >= 11 is 0. The van der Waals surface area contributed by atoms with Gasteiger partial charge in [0.15, 0.2) is 0 Å². The van der Waals surface area contributed by atoms with Crippen molar-refractivity contribution in [1.29, 1.82) is 0 Å². The van der Waals surface area contributed by atoms with Crippen molar-refractivity contribution >= 4 is 18.0 Å². The van der Waals surface area contributed by atoms with Crippen LogP contribution in [0, 0.1) is 0 Å². The van der Waals surface area contributed by atoms with Gasteiger partial charge in [-0.1, -0.05) is 13.2 Å². The smallest absolute Gasteiger partial charge is 0.330 e. The molecule has 0 aromatic rings. The number of nitrogens with zero attached hydrogens (tertiary/aromatic N) is 1. The van der Waals surface area contributed by atoms with Crippen LogP contribution < -0.4 is 0 Å². The highest BCUT2D eigenvalue weighted by Gasteiger charge is 2.28. The number of hydrogen-bond donors (Lipinski definition) is 0. The molecule has 0 aliphatic rings. The van der Waals surface area contributed by atoms with E-state index in [9.17, 15) is 14.4 Å². The van der Waals surface area contributed by atoms with Crippen LogP contribution in [0.5, 0.6) is 0 Å². The molecule has 0 fully saturated rings. The summed E-state index contributed by atoms with van der Waals surface area (Å²) in [5.74, 6) is -1.31. The van der Waals surface area contributed by atoms with Crippen LogP contribution in [0.25, 0.3) is 0 Å². The van der Waals surface area contributed by atoms with Gasteiger partial charge in [0.25, 0.3) is 0 Å². The summed E-state index contributed by atoms with van der Waals surface area (Å²) in [4.78, 5) is 35.8. The van der Waals surface area contributed by atoms with Crippen molar-refractivity contribution in [3.8, 4) is 0 Å². The Balaban J connectivity index is 4.77. The highest BCUT2D eigenvalue weighted by atomic mass is 16.6. The van der Waals surface area contributed by atoms with E-state index in [1.807, 2.05) is 0 Å². The van der Waals surface area contributed by atoms with Gasteiger partial charge in [-0.25, -0.2) is 14.4 Å². The predicted molar refractivity (Wildman–Crippen MR) is 63.4 cm³/mol. The predicted octanol–water partition coefficient (Wildman–Crippen LogP) is 0.926. The first kappa shape index (κ1) is 15.8. The molecule has 0 bridgehead atoms. The van der Waals surface area contributed by atoms with Crippen molar-refractivity contribution in [1.82, 2.24) is 0 Å². The molecule has 0 N–H and O–H groups in total. The molecular formula is C12H15NO5. The molecule has 0 rings (SSSR count). The molecule has 2 atom stereocenters. The second-order valence-corrected chi connectivity index (χ2v) is 3.40. The Hall–Kier alpha value is -2.20. The second kappa shape index (κ2) is 7.97.